The van der Waals surface area contributed by atoms with Crippen molar-refractivity contribution < 1.29 is 0 Å². The van der Waals surface area contributed by atoms with Crippen molar-refractivity contribution in [1.82, 2.24) is 0 Å². The third kappa shape index (κ3) is 3.42. The van der Waals surface area contributed by atoms with Crippen LogP contribution in [0.2, 0.25) is 0 Å². The van der Waals surface area contributed by atoms with Crippen molar-refractivity contribution in [1.29, 1.82) is 0 Å². The Morgan fingerprint density at radius 3 is 2.35 bits per heavy atom. The predicted molar refractivity (Wildman–Crippen MR) is 76.9 cm³/mol. The minimum absolute atomic E-state index is 0.215. The molecular weight excluding hydrogens is 274 g/mol. The molecule has 1 nitrogen and oxygen atoms in total. The van der Waals surface area contributed by atoms with E-state index in [1.165, 1.54) is 16.7 Å². The van der Waals surface area contributed by atoms with Gasteiger partial charge in [0.05, 0.1) is 0 Å². The Morgan fingerprint density at radius 2 is 1.76 bits per heavy atom. The summed E-state index contributed by atoms with van der Waals surface area (Å²) in [6.07, 6.45) is 0.929. The average molecular weight is 290 g/mol. The smallest absolute Gasteiger partial charge is 0.0181 e. The van der Waals surface area contributed by atoms with Crippen LogP contribution in [0.1, 0.15) is 12.5 Å². The van der Waals surface area contributed by atoms with E-state index in [2.05, 4.69) is 58.4 Å². The van der Waals surface area contributed by atoms with Crippen LogP contribution < -0.4 is 5.73 Å². The van der Waals surface area contributed by atoms with Crippen molar-refractivity contribution in [2.45, 2.75) is 19.4 Å². The Hall–Kier alpha value is -1.12. The van der Waals surface area contributed by atoms with E-state index in [1.807, 2.05) is 13.0 Å². The highest BCUT2D eigenvalue weighted by atomic mass is 79.9. The minimum Gasteiger partial charge on any atom is -0.328 e. The fourth-order valence-electron chi connectivity index (χ4n) is 1.87. The fraction of sp³-hybridized carbons (Fsp3) is 0.200. The van der Waals surface area contributed by atoms with Crippen LogP contribution >= 0.6 is 15.9 Å². The van der Waals surface area contributed by atoms with Gasteiger partial charge in [0.15, 0.2) is 0 Å². The molecule has 0 saturated carbocycles. The molecule has 2 rings (SSSR count). The topological polar surface area (TPSA) is 26.0 Å². The molecule has 0 fully saturated rings. The summed E-state index contributed by atoms with van der Waals surface area (Å²) in [5, 5.41) is 0. The van der Waals surface area contributed by atoms with E-state index in [-0.39, 0.29) is 6.04 Å². The summed E-state index contributed by atoms with van der Waals surface area (Å²) in [6, 6.07) is 17.2. The zero-order valence-electron chi connectivity index (χ0n) is 9.86. The van der Waals surface area contributed by atoms with Gasteiger partial charge >= 0.3 is 0 Å². The Kier molecular flexibility index (Phi) is 3.97. The SMILES string of the molecule is CC(N)Cc1ccc(-c2cccc(Br)c2)cc1. The molecule has 0 amide bonds. The molecule has 17 heavy (non-hydrogen) atoms. The van der Waals surface area contributed by atoms with Crippen molar-refractivity contribution in [2.24, 2.45) is 5.73 Å². The van der Waals surface area contributed by atoms with E-state index in [0.29, 0.717) is 0 Å². The van der Waals surface area contributed by atoms with Gasteiger partial charge in [0.1, 0.15) is 0 Å². The van der Waals surface area contributed by atoms with Crippen molar-refractivity contribution >= 4 is 15.9 Å². The molecule has 2 heteroatoms. The molecule has 0 radical (unpaired) electrons. The summed E-state index contributed by atoms with van der Waals surface area (Å²) in [4.78, 5) is 0. The van der Waals surface area contributed by atoms with Crippen LogP contribution in [0.25, 0.3) is 11.1 Å². The first-order valence-electron chi connectivity index (χ1n) is 5.75. The van der Waals surface area contributed by atoms with Gasteiger partial charge in [-0.3, -0.25) is 0 Å². The molecule has 0 heterocycles. The second kappa shape index (κ2) is 5.48. The highest BCUT2D eigenvalue weighted by Gasteiger charge is 2.00. The number of hydrogen-bond donors (Lipinski definition) is 1. The lowest BCUT2D eigenvalue weighted by atomic mass is 10.0. The average Bonchev–Trinajstić information content (AvgIpc) is 2.29. The van der Waals surface area contributed by atoms with Gasteiger partial charge in [-0.25, -0.2) is 0 Å². The molecule has 88 valence electrons. The van der Waals surface area contributed by atoms with Crippen molar-refractivity contribution in [3.63, 3.8) is 0 Å². The van der Waals surface area contributed by atoms with Crippen molar-refractivity contribution in [3.05, 3.63) is 58.6 Å². The zero-order valence-corrected chi connectivity index (χ0v) is 11.4. The van der Waals surface area contributed by atoms with E-state index in [1.54, 1.807) is 0 Å². The van der Waals surface area contributed by atoms with Gasteiger partial charge in [-0.15, -0.1) is 0 Å². The molecule has 2 N–H and O–H groups in total. The fourth-order valence-corrected chi connectivity index (χ4v) is 2.27. The van der Waals surface area contributed by atoms with E-state index in [4.69, 9.17) is 5.73 Å². The molecule has 0 bridgehead atoms. The minimum atomic E-state index is 0.215. The molecule has 2 aromatic carbocycles. The second-order valence-electron chi connectivity index (χ2n) is 4.39. The van der Waals surface area contributed by atoms with Crippen LogP contribution in [0.3, 0.4) is 0 Å². The first-order valence-corrected chi connectivity index (χ1v) is 6.55. The first kappa shape index (κ1) is 12.3. The Balaban J connectivity index is 2.23. The molecule has 0 aliphatic heterocycles. The maximum Gasteiger partial charge on any atom is 0.0181 e. The number of nitrogens with two attached hydrogens (primary N) is 1. The Morgan fingerprint density at radius 1 is 1.06 bits per heavy atom. The van der Waals surface area contributed by atoms with Crippen LogP contribution in [-0.4, -0.2) is 6.04 Å². The molecule has 0 aliphatic carbocycles. The number of rotatable bonds is 3. The van der Waals surface area contributed by atoms with E-state index >= 15 is 0 Å². The number of hydrogen-bond acceptors (Lipinski definition) is 1. The largest absolute Gasteiger partial charge is 0.328 e. The zero-order chi connectivity index (χ0) is 12.3. The van der Waals surface area contributed by atoms with Gasteiger partial charge in [-0.1, -0.05) is 52.3 Å². The van der Waals surface area contributed by atoms with E-state index < -0.39 is 0 Å². The van der Waals surface area contributed by atoms with Crippen LogP contribution in [0, 0.1) is 0 Å². The molecule has 0 saturated heterocycles. The maximum absolute atomic E-state index is 5.79. The lowest BCUT2D eigenvalue weighted by molar-refractivity contribution is 0.738. The monoisotopic (exact) mass is 289 g/mol. The van der Waals surface area contributed by atoms with Gasteiger partial charge in [0.2, 0.25) is 0 Å². The first-order chi connectivity index (χ1) is 8.15. The summed E-state index contributed by atoms with van der Waals surface area (Å²) in [5.74, 6) is 0. The summed E-state index contributed by atoms with van der Waals surface area (Å²) in [6.45, 7) is 2.03. The molecule has 0 aromatic heterocycles. The molecule has 1 atom stereocenters. The second-order valence-corrected chi connectivity index (χ2v) is 5.30. The summed E-state index contributed by atoms with van der Waals surface area (Å²) in [7, 11) is 0. The van der Waals surface area contributed by atoms with Crippen molar-refractivity contribution in [2.75, 3.05) is 0 Å². The third-order valence-electron chi connectivity index (χ3n) is 2.67. The van der Waals surface area contributed by atoms with Crippen molar-refractivity contribution in [3.8, 4) is 11.1 Å². The molecule has 2 aromatic rings. The Labute approximate surface area is 111 Å². The maximum atomic E-state index is 5.79. The number of halogens is 1. The molecular formula is C15H16BrN. The van der Waals surface area contributed by atoms with Crippen LogP contribution in [0.15, 0.2) is 53.0 Å². The summed E-state index contributed by atoms with van der Waals surface area (Å²) in [5.41, 5.74) is 9.54. The normalized spacial score (nSPS) is 12.4. The molecule has 0 aliphatic rings. The van der Waals surface area contributed by atoms with Crippen LogP contribution in [0.4, 0.5) is 0 Å². The Bertz CT molecular complexity index is 489. The van der Waals surface area contributed by atoms with Gasteiger partial charge in [-0.2, -0.15) is 0 Å². The lowest BCUT2D eigenvalue weighted by Crippen LogP contribution is -2.17. The highest BCUT2D eigenvalue weighted by molar-refractivity contribution is 9.10. The molecule has 1 unspecified atom stereocenters. The lowest BCUT2D eigenvalue weighted by Gasteiger charge is -2.07. The summed E-state index contributed by atoms with van der Waals surface area (Å²) < 4.78 is 1.11. The van der Waals surface area contributed by atoms with Gasteiger partial charge in [-0.05, 0) is 42.2 Å². The van der Waals surface area contributed by atoms with Crippen LogP contribution in [-0.2, 0) is 6.42 Å². The quantitative estimate of drug-likeness (QED) is 0.908. The number of benzene rings is 2. The van der Waals surface area contributed by atoms with Gasteiger partial charge < -0.3 is 5.73 Å². The third-order valence-corrected chi connectivity index (χ3v) is 3.16. The highest BCUT2D eigenvalue weighted by Crippen LogP contribution is 2.23. The molecule has 0 spiro atoms. The van der Waals surface area contributed by atoms with Gasteiger partial charge in [0.25, 0.3) is 0 Å². The van der Waals surface area contributed by atoms with E-state index in [9.17, 15) is 0 Å². The van der Waals surface area contributed by atoms with Gasteiger partial charge in [0, 0.05) is 10.5 Å². The van der Waals surface area contributed by atoms with E-state index in [0.717, 1.165) is 10.9 Å². The summed E-state index contributed by atoms with van der Waals surface area (Å²) >= 11 is 3.49. The van der Waals surface area contributed by atoms with Crippen LogP contribution in [0.5, 0.6) is 0 Å². The predicted octanol–water partition coefficient (Wildman–Crippen LogP) is 4.01. The standard InChI is InChI=1S/C15H16BrN/c1-11(17)9-12-5-7-13(8-6-12)14-3-2-4-15(16)10-14/h2-8,10-11H,9,17H2,1H3.